The first-order valence-corrected chi connectivity index (χ1v) is 11.4. The number of nitrogens with zero attached hydrogens (tertiary/aromatic N) is 2. The van der Waals surface area contributed by atoms with Crippen molar-refractivity contribution >= 4 is 11.8 Å². The van der Waals surface area contributed by atoms with Crippen LogP contribution in [0.3, 0.4) is 0 Å². The summed E-state index contributed by atoms with van der Waals surface area (Å²) in [5, 5.41) is 6.38. The third-order valence-corrected chi connectivity index (χ3v) is 7.89. The molecule has 5 aliphatic rings. The Hall–Kier alpha value is -1.78. The molecule has 152 valence electrons. The van der Waals surface area contributed by atoms with Crippen LogP contribution in [0.5, 0.6) is 0 Å². The van der Waals surface area contributed by atoms with Gasteiger partial charge in [0, 0.05) is 31.9 Å². The summed E-state index contributed by atoms with van der Waals surface area (Å²) in [5.41, 5.74) is 1.06. The highest BCUT2D eigenvalue weighted by atomic mass is 16.2. The van der Waals surface area contributed by atoms with Gasteiger partial charge in [0.2, 0.25) is 0 Å². The van der Waals surface area contributed by atoms with Crippen LogP contribution in [0.4, 0.5) is 10.6 Å². The molecule has 0 spiro atoms. The van der Waals surface area contributed by atoms with Crippen molar-refractivity contribution in [1.29, 1.82) is 0 Å². The summed E-state index contributed by atoms with van der Waals surface area (Å²) in [7, 11) is 0. The fourth-order valence-corrected chi connectivity index (χ4v) is 6.49. The molecular formula is C23H34N4O. The van der Waals surface area contributed by atoms with Crippen molar-refractivity contribution in [2.45, 2.75) is 64.5 Å². The number of amides is 2. The van der Waals surface area contributed by atoms with Crippen molar-refractivity contribution in [3.63, 3.8) is 0 Å². The van der Waals surface area contributed by atoms with Crippen LogP contribution in [-0.4, -0.2) is 30.1 Å². The van der Waals surface area contributed by atoms with Gasteiger partial charge in [-0.2, -0.15) is 0 Å². The Morgan fingerprint density at radius 1 is 1.07 bits per heavy atom. The Morgan fingerprint density at radius 3 is 2.36 bits per heavy atom. The number of carbonyl (C=O) groups excluding carboxylic acids is 1. The summed E-state index contributed by atoms with van der Waals surface area (Å²) in [4.78, 5) is 19.5. The smallest absolute Gasteiger partial charge is 0.315 e. The third-order valence-electron chi connectivity index (χ3n) is 7.89. The minimum Gasteiger partial charge on any atom is -0.357 e. The van der Waals surface area contributed by atoms with Crippen molar-refractivity contribution in [1.82, 2.24) is 15.6 Å². The molecule has 2 heterocycles. The van der Waals surface area contributed by atoms with E-state index in [1.165, 1.54) is 44.9 Å². The van der Waals surface area contributed by atoms with Crippen LogP contribution >= 0.6 is 0 Å². The van der Waals surface area contributed by atoms with Crippen molar-refractivity contribution in [2.75, 3.05) is 18.0 Å². The molecule has 1 aromatic rings. The van der Waals surface area contributed by atoms with E-state index in [2.05, 4.69) is 39.6 Å². The first-order valence-electron chi connectivity index (χ1n) is 11.4. The molecule has 4 saturated carbocycles. The van der Waals surface area contributed by atoms with E-state index in [0.717, 1.165) is 54.1 Å². The summed E-state index contributed by atoms with van der Waals surface area (Å²) in [6, 6.07) is 4.59. The van der Waals surface area contributed by atoms with Gasteiger partial charge in [0.15, 0.2) is 0 Å². The van der Waals surface area contributed by atoms with E-state index < -0.39 is 0 Å². The van der Waals surface area contributed by atoms with Crippen molar-refractivity contribution in [3.8, 4) is 0 Å². The summed E-state index contributed by atoms with van der Waals surface area (Å²) < 4.78 is 0. The number of nitrogens with one attached hydrogen (secondary N) is 2. The van der Waals surface area contributed by atoms with Crippen LogP contribution in [0.15, 0.2) is 18.3 Å². The van der Waals surface area contributed by atoms with E-state index in [4.69, 9.17) is 0 Å². The number of hydrogen-bond donors (Lipinski definition) is 2. The van der Waals surface area contributed by atoms with Gasteiger partial charge in [0.05, 0.1) is 0 Å². The molecule has 0 unspecified atom stereocenters. The number of carbonyl (C=O) groups is 1. The fourth-order valence-electron chi connectivity index (χ4n) is 6.49. The second kappa shape index (κ2) is 7.57. The van der Waals surface area contributed by atoms with Crippen molar-refractivity contribution < 1.29 is 4.79 Å². The molecule has 5 heteroatoms. The molecule has 6 rings (SSSR count). The minimum atomic E-state index is -0.00781. The summed E-state index contributed by atoms with van der Waals surface area (Å²) in [6.45, 7) is 5.07. The zero-order chi connectivity index (χ0) is 19.1. The van der Waals surface area contributed by atoms with Gasteiger partial charge in [-0.15, -0.1) is 0 Å². The number of hydrogen-bond acceptors (Lipinski definition) is 3. The molecule has 1 saturated heterocycles. The molecule has 5 fully saturated rings. The van der Waals surface area contributed by atoms with Crippen LogP contribution in [0.25, 0.3) is 0 Å². The normalized spacial score (nSPS) is 34.5. The molecule has 1 aromatic heterocycles. The monoisotopic (exact) mass is 382 g/mol. The van der Waals surface area contributed by atoms with Gasteiger partial charge in [-0.25, -0.2) is 9.78 Å². The van der Waals surface area contributed by atoms with Crippen LogP contribution in [-0.2, 0) is 6.54 Å². The second-order valence-corrected chi connectivity index (χ2v) is 9.98. The summed E-state index contributed by atoms with van der Waals surface area (Å²) in [6.07, 6.45) is 11.2. The first kappa shape index (κ1) is 18.3. The summed E-state index contributed by atoms with van der Waals surface area (Å²) in [5.74, 6) is 5.21. The maximum absolute atomic E-state index is 12.5. The highest BCUT2D eigenvalue weighted by molar-refractivity contribution is 5.74. The molecular weight excluding hydrogens is 348 g/mol. The van der Waals surface area contributed by atoms with Gasteiger partial charge in [0.25, 0.3) is 0 Å². The largest absolute Gasteiger partial charge is 0.357 e. The lowest BCUT2D eigenvalue weighted by Gasteiger charge is -2.54. The molecule has 4 aliphatic carbocycles. The number of pyridine rings is 1. The number of aromatic nitrogens is 1. The van der Waals surface area contributed by atoms with Gasteiger partial charge >= 0.3 is 6.03 Å². The highest BCUT2D eigenvalue weighted by Crippen LogP contribution is 2.53. The van der Waals surface area contributed by atoms with Crippen molar-refractivity contribution in [3.05, 3.63) is 23.9 Å². The lowest BCUT2D eigenvalue weighted by atomic mass is 9.54. The Labute approximate surface area is 168 Å². The van der Waals surface area contributed by atoms with Crippen LogP contribution < -0.4 is 15.5 Å². The van der Waals surface area contributed by atoms with E-state index in [1.54, 1.807) is 0 Å². The number of urea groups is 1. The van der Waals surface area contributed by atoms with Crippen molar-refractivity contribution in [2.24, 2.45) is 29.6 Å². The molecule has 4 bridgehead atoms. The maximum atomic E-state index is 12.5. The molecule has 5 nitrogen and oxygen atoms in total. The zero-order valence-corrected chi connectivity index (χ0v) is 17.1. The topological polar surface area (TPSA) is 57.3 Å². The van der Waals surface area contributed by atoms with Gasteiger partial charge in [0.1, 0.15) is 5.82 Å². The van der Waals surface area contributed by atoms with E-state index in [0.29, 0.717) is 12.6 Å². The molecule has 0 radical (unpaired) electrons. The highest BCUT2D eigenvalue weighted by Gasteiger charge is 2.48. The Kier molecular flexibility index (Phi) is 4.93. The number of piperidine rings is 1. The van der Waals surface area contributed by atoms with Gasteiger partial charge in [-0.05, 0) is 86.2 Å². The zero-order valence-electron chi connectivity index (χ0n) is 17.1. The number of rotatable bonds is 4. The molecule has 28 heavy (non-hydrogen) atoms. The summed E-state index contributed by atoms with van der Waals surface area (Å²) >= 11 is 0. The van der Waals surface area contributed by atoms with E-state index in [1.807, 2.05) is 6.20 Å². The molecule has 2 amide bonds. The lowest BCUT2D eigenvalue weighted by Crippen LogP contribution is -2.57. The SMILES string of the molecule is CC1CCN(c2ccc(CNC(=O)NC3C4CC5CC(C4)CC3C5)cn2)CC1. The molecule has 0 aromatic carbocycles. The lowest BCUT2D eigenvalue weighted by molar-refractivity contribution is -0.00942. The van der Waals surface area contributed by atoms with Gasteiger partial charge in [-0.1, -0.05) is 13.0 Å². The Morgan fingerprint density at radius 2 is 1.75 bits per heavy atom. The molecule has 0 atom stereocenters. The van der Waals surface area contributed by atoms with E-state index >= 15 is 0 Å². The fraction of sp³-hybridized carbons (Fsp3) is 0.739. The third kappa shape index (κ3) is 3.72. The molecule has 1 aliphatic heterocycles. The van der Waals surface area contributed by atoms with Gasteiger partial charge in [-0.3, -0.25) is 0 Å². The average molecular weight is 383 g/mol. The second-order valence-electron chi connectivity index (χ2n) is 9.98. The Balaban J connectivity index is 1.11. The van der Waals surface area contributed by atoms with Crippen LogP contribution in [0.1, 0.15) is 57.4 Å². The average Bonchev–Trinajstić information content (AvgIpc) is 2.70. The van der Waals surface area contributed by atoms with E-state index in [9.17, 15) is 4.79 Å². The standard InChI is InChI=1S/C23H34N4O/c1-15-4-6-27(7-5-15)21-3-2-16(13-24-21)14-25-23(28)26-22-19-9-17-8-18(11-19)12-20(22)10-17/h2-3,13,15,17-20,22H,4-12,14H2,1H3,(H2,25,26,28). The predicted molar refractivity (Wildman–Crippen MR) is 111 cm³/mol. The molecule has 2 N–H and O–H groups in total. The van der Waals surface area contributed by atoms with Crippen LogP contribution in [0, 0.1) is 29.6 Å². The quantitative estimate of drug-likeness (QED) is 0.829. The van der Waals surface area contributed by atoms with E-state index in [-0.39, 0.29) is 6.03 Å². The predicted octanol–water partition coefficient (Wildman–Crippen LogP) is 3.94. The minimum absolute atomic E-state index is 0.00781. The van der Waals surface area contributed by atoms with Crippen LogP contribution in [0.2, 0.25) is 0 Å². The first-order chi connectivity index (χ1) is 13.6. The number of anilines is 1. The Bertz CT molecular complexity index is 667. The van der Waals surface area contributed by atoms with Gasteiger partial charge < -0.3 is 15.5 Å². The maximum Gasteiger partial charge on any atom is 0.315 e.